The van der Waals surface area contributed by atoms with Gasteiger partial charge in [0.05, 0.1) is 6.61 Å². The Kier molecular flexibility index (Phi) is 9.36. The molecule has 0 spiro atoms. The Morgan fingerprint density at radius 2 is 1.06 bits per heavy atom. The topological polar surface area (TPSA) is 55.4 Å². The smallest absolute Gasteiger partial charge is 0.369 e. The molecule has 6 heteroatoms. The lowest BCUT2D eigenvalue weighted by Crippen LogP contribution is -3.00. The van der Waals surface area contributed by atoms with E-state index in [1.165, 1.54) is 0 Å². The van der Waals surface area contributed by atoms with Gasteiger partial charge in [-0.05, 0) is 55.5 Å². The van der Waals surface area contributed by atoms with Crippen molar-refractivity contribution in [1.29, 1.82) is 0 Å². The van der Waals surface area contributed by atoms with Crippen LogP contribution < -0.4 is 38.2 Å². The Balaban J connectivity index is 0.00000342. The number of carbonyl (C=O) groups is 2. The maximum absolute atomic E-state index is 13.7. The van der Waals surface area contributed by atoms with E-state index in [9.17, 15) is 9.59 Å². The van der Waals surface area contributed by atoms with Gasteiger partial charge in [-0.25, -0.2) is 4.79 Å². The zero-order chi connectivity index (χ0) is 23.8. The third kappa shape index (κ3) is 5.53. The second-order valence-electron chi connectivity index (χ2n) is 7.72. The molecule has 0 radical (unpaired) electrons. The summed E-state index contributed by atoms with van der Waals surface area (Å²) in [5.41, 5.74) is 0.490. The van der Waals surface area contributed by atoms with Gasteiger partial charge in [0.2, 0.25) is 0 Å². The van der Waals surface area contributed by atoms with Crippen LogP contribution in [0.3, 0.4) is 0 Å². The molecule has 0 aliphatic carbocycles. The summed E-state index contributed by atoms with van der Waals surface area (Å²) < 4.78 is 5.59. The van der Waals surface area contributed by atoms with Gasteiger partial charge >= 0.3 is 5.97 Å². The molecule has 0 aliphatic rings. The van der Waals surface area contributed by atoms with Crippen molar-refractivity contribution in [1.82, 2.24) is 5.32 Å². The second-order valence-corrected chi connectivity index (χ2v) is 11.2. The van der Waals surface area contributed by atoms with Gasteiger partial charge in [-0.15, -0.1) is 0 Å². The lowest BCUT2D eigenvalue weighted by atomic mass is 10.2. The van der Waals surface area contributed by atoms with E-state index in [-0.39, 0.29) is 29.5 Å². The van der Waals surface area contributed by atoms with Crippen molar-refractivity contribution in [2.24, 2.45) is 0 Å². The van der Waals surface area contributed by atoms with Crippen LogP contribution in [-0.4, -0.2) is 24.3 Å². The number of hydrogen-bond donors (Lipinski definition) is 1. The van der Waals surface area contributed by atoms with Gasteiger partial charge < -0.3 is 27.0 Å². The highest BCUT2D eigenvalue weighted by atomic mass is 79.9. The summed E-state index contributed by atoms with van der Waals surface area (Å²) in [7, 11) is -2.73. The number of nitrogens with one attached hydrogen (secondary N) is 1. The summed E-state index contributed by atoms with van der Waals surface area (Å²) in [5.74, 6) is -1.67. The van der Waals surface area contributed by atoms with Crippen LogP contribution in [0.15, 0.2) is 121 Å². The fraction of sp³-hybridized carbons (Fsp3) is 0.103. The first-order chi connectivity index (χ1) is 16.7. The molecule has 1 unspecified atom stereocenters. The SMILES string of the molecule is CCOC(=O)C(NC(=O)c1ccccc1)[P+](c1ccccc1)(c1ccccc1)c1ccccc1.[Br-]. The minimum Gasteiger partial charge on any atom is -1.00 e. The van der Waals surface area contributed by atoms with Crippen LogP contribution in [-0.2, 0) is 9.53 Å². The summed E-state index contributed by atoms with van der Waals surface area (Å²) in [6.07, 6.45) is 0. The van der Waals surface area contributed by atoms with Crippen molar-refractivity contribution in [2.45, 2.75) is 12.7 Å². The highest BCUT2D eigenvalue weighted by Crippen LogP contribution is 2.59. The number of carbonyl (C=O) groups excluding carboxylic acids is 2. The van der Waals surface area contributed by atoms with Gasteiger partial charge in [-0.2, -0.15) is 0 Å². The van der Waals surface area contributed by atoms with Crippen molar-refractivity contribution < 1.29 is 31.3 Å². The fourth-order valence-corrected chi connectivity index (χ4v) is 8.63. The Hall–Kier alpha value is -3.27. The van der Waals surface area contributed by atoms with Gasteiger partial charge in [-0.3, -0.25) is 4.79 Å². The highest BCUT2D eigenvalue weighted by Gasteiger charge is 2.57. The molecule has 35 heavy (non-hydrogen) atoms. The van der Waals surface area contributed by atoms with Crippen LogP contribution in [0.4, 0.5) is 0 Å². The average Bonchev–Trinajstić information content (AvgIpc) is 2.91. The first-order valence-corrected chi connectivity index (χ1v) is 13.1. The molecular weight excluding hydrogens is 521 g/mol. The molecule has 4 nitrogen and oxygen atoms in total. The largest absolute Gasteiger partial charge is 1.00 e. The standard InChI is InChI=1S/C29H26NO3P.BrH/c1-2-33-29(32)28(30-27(31)23-15-7-3-8-16-23)34(24-17-9-4-10-18-24,25-19-11-5-12-20-25)26-21-13-6-14-22-26;/h3-22,28H,2H2,1H3;1H. The van der Waals surface area contributed by atoms with Crippen LogP contribution in [0.25, 0.3) is 0 Å². The van der Waals surface area contributed by atoms with Gasteiger partial charge in [-0.1, -0.05) is 72.8 Å². The number of benzene rings is 4. The molecule has 0 aliphatic heterocycles. The van der Waals surface area contributed by atoms with E-state index in [2.05, 4.69) is 5.32 Å². The predicted molar refractivity (Wildman–Crippen MR) is 139 cm³/mol. The third-order valence-corrected chi connectivity index (χ3v) is 10.1. The summed E-state index contributed by atoms with van der Waals surface area (Å²) >= 11 is 0. The molecule has 0 bridgehead atoms. The minimum absolute atomic E-state index is 0. The van der Waals surface area contributed by atoms with Crippen LogP contribution in [0.2, 0.25) is 0 Å². The van der Waals surface area contributed by atoms with Crippen LogP contribution in [0.1, 0.15) is 17.3 Å². The van der Waals surface area contributed by atoms with E-state index in [0.717, 1.165) is 15.9 Å². The quantitative estimate of drug-likeness (QED) is 0.267. The Bertz CT molecular complexity index is 1130. The number of esters is 1. The molecular formula is C29H27BrNO3P. The normalized spacial score (nSPS) is 11.6. The van der Waals surface area contributed by atoms with Gasteiger partial charge in [0.15, 0.2) is 0 Å². The number of amides is 1. The van der Waals surface area contributed by atoms with Crippen molar-refractivity contribution in [3.8, 4) is 0 Å². The van der Waals surface area contributed by atoms with E-state index < -0.39 is 19.0 Å². The number of ether oxygens (including phenoxy) is 1. The zero-order valence-corrected chi connectivity index (χ0v) is 21.9. The number of hydrogen-bond acceptors (Lipinski definition) is 3. The Labute approximate surface area is 217 Å². The second kappa shape index (κ2) is 12.4. The molecule has 178 valence electrons. The van der Waals surface area contributed by atoms with Crippen molar-refractivity contribution in [3.05, 3.63) is 127 Å². The van der Waals surface area contributed by atoms with E-state index >= 15 is 0 Å². The molecule has 1 amide bonds. The first-order valence-electron chi connectivity index (χ1n) is 11.3. The summed E-state index contributed by atoms with van der Waals surface area (Å²) in [4.78, 5) is 27.1. The lowest BCUT2D eigenvalue weighted by Gasteiger charge is -2.33. The molecule has 0 fully saturated rings. The third-order valence-electron chi connectivity index (χ3n) is 5.69. The van der Waals surface area contributed by atoms with Gasteiger partial charge in [0, 0.05) is 5.56 Å². The molecule has 4 aromatic carbocycles. The molecule has 0 saturated carbocycles. The summed E-state index contributed by atoms with van der Waals surface area (Å²) in [6, 6.07) is 38.9. The number of rotatable bonds is 8. The van der Waals surface area contributed by atoms with Gasteiger partial charge in [0.25, 0.3) is 11.7 Å². The van der Waals surface area contributed by atoms with E-state index in [1.54, 1.807) is 19.1 Å². The molecule has 0 saturated heterocycles. The van der Waals surface area contributed by atoms with E-state index in [4.69, 9.17) is 4.74 Å². The maximum Gasteiger partial charge on any atom is 0.369 e. The summed E-state index contributed by atoms with van der Waals surface area (Å²) in [5, 5.41) is 6.05. The van der Waals surface area contributed by atoms with Gasteiger partial charge in [0.1, 0.15) is 23.2 Å². The monoisotopic (exact) mass is 547 g/mol. The van der Waals surface area contributed by atoms with Crippen LogP contribution in [0.5, 0.6) is 0 Å². The molecule has 0 aromatic heterocycles. The molecule has 4 rings (SSSR count). The minimum atomic E-state index is -2.73. The Morgan fingerprint density at radius 3 is 1.43 bits per heavy atom. The van der Waals surface area contributed by atoms with Crippen LogP contribution in [0, 0.1) is 0 Å². The summed E-state index contributed by atoms with van der Waals surface area (Å²) in [6.45, 7) is 2.00. The average molecular weight is 548 g/mol. The first kappa shape index (κ1) is 26.3. The van der Waals surface area contributed by atoms with Crippen LogP contribution >= 0.6 is 7.26 Å². The number of halogens is 1. The van der Waals surface area contributed by atoms with Crippen molar-refractivity contribution in [3.63, 3.8) is 0 Å². The zero-order valence-electron chi connectivity index (χ0n) is 19.4. The maximum atomic E-state index is 13.7. The molecule has 1 atom stereocenters. The fourth-order valence-electron chi connectivity index (χ4n) is 4.22. The van der Waals surface area contributed by atoms with E-state index in [1.807, 2.05) is 109 Å². The predicted octanol–water partition coefficient (Wildman–Crippen LogP) is 1.30. The Morgan fingerprint density at radius 1 is 0.686 bits per heavy atom. The van der Waals surface area contributed by atoms with E-state index in [0.29, 0.717) is 5.56 Å². The molecule has 4 aromatic rings. The molecule has 1 N–H and O–H groups in total. The lowest BCUT2D eigenvalue weighted by molar-refractivity contribution is -0.143. The highest BCUT2D eigenvalue weighted by molar-refractivity contribution is 7.96. The van der Waals surface area contributed by atoms with Crippen molar-refractivity contribution >= 4 is 35.1 Å². The van der Waals surface area contributed by atoms with Crippen molar-refractivity contribution in [2.75, 3.05) is 6.61 Å². The molecule has 0 heterocycles.